The number of aliphatic hydroxyl groups is 1. The van der Waals surface area contributed by atoms with Gasteiger partial charge in [0.1, 0.15) is 0 Å². The van der Waals surface area contributed by atoms with Crippen molar-refractivity contribution in [3.8, 4) is 5.75 Å². The van der Waals surface area contributed by atoms with E-state index in [1.165, 1.54) is 18.9 Å². The highest BCUT2D eigenvalue weighted by Crippen LogP contribution is 2.28. The number of nitro benzene ring substituents is 1. The largest absolute Gasteiger partial charge is 0.487 e. The third-order valence-electron chi connectivity index (χ3n) is 4.03. The van der Waals surface area contributed by atoms with E-state index in [1.807, 2.05) is 0 Å². The van der Waals surface area contributed by atoms with Crippen molar-refractivity contribution in [1.82, 2.24) is 4.90 Å². The van der Waals surface area contributed by atoms with E-state index in [2.05, 4.69) is 11.9 Å². The lowest BCUT2D eigenvalue weighted by molar-refractivity contribution is -0.385. The zero-order valence-electron chi connectivity index (χ0n) is 12.3. The molecule has 1 aromatic carbocycles. The third-order valence-corrected chi connectivity index (χ3v) is 4.03. The van der Waals surface area contributed by atoms with E-state index in [4.69, 9.17) is 9.84 Å². The summed E-state index contributed by atoms with van der Waals surface area (Å²) in [4.78, 5) is 12.9. The SMILES string of the molecule is CN1CCCCC1CCOc1cc(CO)ccc1[N+](=O)[O-]. The van der Waals surface area contributed by atoms with Crippen LogP contribution in [0.15, 0.2) is 18.2 Å². The van der Waals surface area contributed by atoms with Crippen LogP contribution < -0.4 is 4.74 Å². The molecule has 0 saturated carbocycles. The number of hydrogen-bond donors (Lipinski definition) is 1. The van der Waals surface area contributed by atoms with Crippen LogP contribution in [0.2, 0.25) is 0 Å². The monoisotopic (exact) mass is 294 g/mol. The Morgan fingerprint density at radius 2 is 2.29 bits per heavy atom. The minimum Gasteiger partial charge on any atom is -0.487 e. The van der Waals surface area contributed by atoms with Crippen LogP contribution in [0.3, 0.4) is 0 Å². The molecule has 1 heterocycles. The summed E-state index contributed by atoms with van der Waals surface area (Å²) in [6.45, 7) is 1.40. The highest BCUT2D eigenvalue weighted by atomic mass is 16.6. The number of benzene rings is 1. The molecule has 1 unspecified atom stereocenters. The van der Waals surface area contributed by atoms with Crippen LogP contribution in [-0.2, 0) is 6.61 Å². The quantitative estimate of drug-likeness (QED) is 0.644. The maximum atomic E-state index is 11.0. The molecule has 1 saturated heterocycles. The topological polar surface area (TPSA) is 75.8 Å². The van der Waals surface area contributed by atoms with Gasteiger partial charge in [-0.25, -0.2) is 0 Å². The summed E-state index contributed by atoms with van der Waals surface area (Å²) >= 11 is 0. The molecule has 0 amide bonds. The number of rotatable bonds is 6. The molecule has 1 aromatic rings. The van der Waals surface area contributed by atoms with Crippen molar-refractivity contribution in [3.05, 3.63) is 33.9 Å². The van der Waals surface area contributed by atoms with E-state index < -0.39 is 4.92 Å². The minimum atomic E-state index is -0.455. The Morgan fingerprint density at radius 3 is 2.95 bits per heavy atom. The van der Waals surface area contributed by atoms with Crippen molar-refractivity contribution in [2.45, 2.75) is 38.3 Å². The van der Waals surface area contributed by atoms with Crippen molar-refractivity contribution in [1.29, 1.82) is 0 Å². The second-order valence-corrected chi connectivity index (χ2v) is 5.48. The second kappa shape index (κ2) is 7.38. The highest BCUT2D eigenvalue weighted by molar-refractivity contribution is 5.48. The van der Waals surface area contributed by atoms with Gasteiger partial charge in [0.05, 0.1) is 18.1 Å². The molecule has 1 aliphatic heterocycles. The highest BCUT2D eigenvalue weighted by Gasteiger charge is 2.20. The van der Waals surface area contributed by atoms with E-state index >= 15 is 0 Å². The van der Waals surface area contributed by atoms with E-state index in [0.717, 1.165) is 19.4 Å². The number of nitro groups is 1. The molecule has 0 spiro atoms. The number of likely N-dealkylation sites (tertiary alicyclic amines) is 1. The summed E-state index contributed by atoms with van der Waals surface area (Å²) in [7, 11) is 2.11. The average molecular weight is 294 g/mol. The fourth-order valence-electron chi connectivity index (χ4n) is 2.74. The molecule has 2 rings (SSSR count). The van der Waals surface area contributed by atoms with Gasteiger partial charge in [-0.3, -0.25) is 10.1 Å². The fourth-order valence-corrected chi connectivity index (χ4v) is 2.74. The molecule has 1 N–H and O–H groups in total. The zero-order valence-corrected chi connectivity index (χ0v) is 12.3. The minimum absolute atomic E-state index is 0.0517. The first-order chi connectivity index (χ1) is 10.1. The third kappa shape index (κ3) is 4.15. The van der Waals surface area contributed by atoms with Gasteiger partial charge in [0.25, 0.3) is 0 Å². The number of nitrogens with zero attached hydrogens (tertiary/aromatic N) is 2. The fraction of sp³-hybridized carbons (Fsp3) is 0.600. The second-order valence-electron chi connectivity index (χ2n) is 5.48. The van der Waals surface area contributed by atoms with E-state index in [1.54, 1.807) is 12.1 Å². The lowest BCUT2D eigenvalue weighted by Gasteiger charge is -2.32. The first-order valence-electron chi connectivity index (χ1n) is 7.33. The number of piperidine rings is 1. The van der Waals surface area contributed by atoms with Crippen LogP contribution >= 0.6 is 0 Å². The molecule has 6 heteroatoms. The van der Waals surface area contributed by atoms with Crippen LogP contribution in [0.4, 0.5) is 5.69 Å². The molecular formula is C15H22N2O4. The Balaban J connectivity index is 1.96. The standard InChI is InChI=1S/C15H22N2O4/c1-16-8-3-2-4-13(16)7-9-21-15-10-12(11-18)5-6-14(15)17(19)20/h5-6,10,13,18H,2-4,7-9,11H2,1H3. The van der Waals surface area contributed by atoms with Gasteiger partial charge in [-0.1, -0.05) is 6.42 Å². The van der Waals surface area contributed by atoms with Crippen molar-refractivity contribution in [2.75, 3.05) is 20.2 Å². The molecule has 6 nitrogen and oxygen atoms in total. The van der Waals surface area contributed by atoms with Gasteiger partial charge in [0.15, 0.2) is 5.75 Å². The van der Waals surface area contributed by atoms with E-state index in [9.17, 15) is 10.1 Å². The molecule has 0 aromatic heterocycles. The Morgan fingerprint density at radius 1 is 1.48 bits per heavy atom. The van der Waals surface area contributed by atoms with Crippen molar-refractivity contribution >= 4 is 5.69 Å². The van der Waals surface area contributed by atoms with E-state index in [-0.39, 0.29) is 18.0 Å². The van der Waals surface area contributed by atoms with Gasteiger partial charge in [-0.2, -0.15) is 0 Å². The van der Waals surface area contributed by atoms with Crippen LogP contribution in [0.25, 0.3) is 0 Å². The number of hydrogen-bond acceptors (Lipinski definition) is 5. The predicted molar refractivity (Wildman–Crippen MR) is 79.4 cm³/mol. The molecule has 0 bridgehead atoms. The summed E-state index contributed by atoms with van der Waals surface area (Å²) < 4.78 is 5.61. The van der Waals surface area contributed by atoms with Gasteiger partial charge >= 0.3 is 5.69 Å². The summed E-state index contributed by atoms with van der Waals surface area (Å²) in [5.74, 6) is 0.241. The molecule has 1 atom stereocenters. The molecule has 1 fully saturated rings. The van der Waals surface area contributed by atoms with Crippen LogP contribution in [0.1, 0.15) is 31.2 Å². The molecule has 1 aliphatic rings. The van der Waals surface area contributed by atoms with Crippen LogP contribution in [-0.4, -0.2) is 41.2 Å². The lowest BCUT2D eigenvalue weighted by atomic mass is 10.0. The Labute approximate surface area is 124 Å². The first-order valence-corrected chi connectivity index (χ1v) is 7.33. The Hall–Kier alpha value is -1.66. The van der Waals surface area contributed by atoms with Gasteiger partial charge in [0.2, 0.25) is 0 Å². The summed E-state index contributed by atoms with van der Waals surface area (Å²) in [6, 6.07) is 4.95. The number of aliphatic hydroxyl groups excluding tert-OH is 1. The van der Waals surface area contributed by atoms with Crippen LogP contribution in [0.5, 0.6) is 5.75 Å². The normalized spacial score (nSPS) is 19.4. The first kappa shape index (κ1) is 15.7. The number of ether oxygens (including phenoxy) is 1. The van der Waals surface area contributed by atoms with Gasteiger partial charge in [-0.05, 0) is 50.6 Å². The summed E-state index contributed by atoms with van der Waals surface area (Å²) in [6.07, 6.45) is 4.47. The van der Waals surface area contributed by atoms with Gasteiger partial charge in [0, 0.05) is 12.1 Å². The lowest BCUT2D eigenvalue weighted by Crippen LogP contribution is -2.37. The van der Waals surface area contributed by atoms with Crippen molar-refractivity contribution in [2.24, 2.45) is 0 Å². The molecule has 21 heavy (non-hydrogen) atoms. The van der Waals surface area contributed by atoms with Crippen LogP contribution in [0, 0.1) is 10.1 Å². The maximum Gasteiger partial charge on any atom is 0.310 e. The van der Waals surface area contributed by atoms with E-state index in [0.29, 0.717) is 18.2 Å². The smallest absolute Gasteiger partial charge is 0.310 e. The molecule has 116 valence electrons. The maximum absolute atomic E-state index is 11.0. The molecule has 0 radical (unpaired) electrons. The summed E-state index contributed by atoms with van der Waals surface area (Å²) in [5.41, 5.74) is 0.564. The van der Waals surface area contributed by atoms with Gasteiger partial charge in [-0.15, -0.1) is 0 Å². The average Bonchev–Trinajstić information content (AvgIpc) is 2.48. The van der Waals surface area contributed by atoms with Gasteiger partial charge < -0.3 is 14.7 Å². The van der Waals surface area contributed by atoms with Crippen molar-refractivity contribution < 1.29 is 14.8 Å². The summed E-state index contributed by atoms with van der Waals surface area (Å²) in [5, 5.41) is 20.1. The van der Waals surface area contributed by atoms with Crippen molar-refractivity contribution in [3.63, 3.8) is 0 Å². The predicted octanol–water partition coefficient (Wildman–Crippen LogP) is 2.34. The molecule has 0 aliphatic carbocycles. The molecular weight excluding hydrogens is 272 g/mol. The Bertz CT molecular complexity index is 493. The Kier molecular flexibility index (Phi) is 5.52. The zero-order chi connectivity index (χ0) is 15.2.